The van der Waals surface area contributed by atoms with E-state index in [4.69, 9.17) is 19.9 Å². The van der Waals surface area contributed by atoms with Crippen LogP contribution in [0.4, 0.5) is 5.82 Å². The Morgan fingerprint density at radius 3 is 2.86 bits per heavy atom. The molecule has 4 heterocycles. The Bertz CT molecular complexity index is 837. The Kier molecular flexibility index (Phi) is 5.44. The zero-order valence-corrected chi connectivity index (χ0v) is 15.3. The van der Waals surface area contributed by atoms with E-state index in [-0.39, 0.29) is 18.5 Å². The number of aliphatic hydroxyl groups is 2. The van der Waals surface area contributed by atoms with Gasteiger partial charge in [-0.15, -0.1) is 0 Å². The first-order chi connectivity index (χ1) is 13.5. The van der Waals surface area contributed by atoms with E-state index in [1.807, 2.05) is 0 Å². The number of aliphatic hydroxyl groups excluding tert-OH is 2. The van der Waals surface area contributed by atoms with Crippen LogP contribution in [-0.2, 0) is 19.0 Å². The molecule has 152 valence electrons. The van der Waals surface area contributed by atoms with Gasteiger partial charge < -0.3 is 30.2 Å². The number of hydrogen-bond acceptors (Lipinski definition) is 9. The number of esters is 1. The monoisotopic (exact) mass is 392 g/mol. The molecule has 0 aromatic carbocycles. The molecule has 10 nitrogen and oxygen atoms in total. The summed E-state index contributed by atoms with van der Waals surface area (Å²) in [7, 11) is 0. The van der Waals surface area contributed by atoms with Crippen LogP contribution >= 0.6 is 0 Å². The van der Waals surface area contributed by atoms with Gasteiger partial charge in [-0.1, -0.05) is 0 Å². The van der Waals surface area contributed by atoms with Crippen molar-refractivity contribution < 1.29 is 29.2 Å². The lowest BCUT2D eigenvalue weighted by atomic mass is 9.97. The topological polar surface area (TPSA) is 141 Å². The van der Waals surface area contributed by atoms with E-state index in [1.54, 1.807) is 12.1 Å². The molecule has 2 aliphatic rings. The Labute approximate surface area is 161 Å². The molecule has 0 saturated carbocycles. The highest BCUT2D eigenvalue weighted by Crippen LogP contribution is 2.35. The predicted octanol–water partition coefficient (Wildman–Crippen LogP) is -0.167. The molecule has 10 heteroatoms. The maximum absolute atomic E-state index is 12.1. The minimum atomic E-state index is -1.19. The second-order valence-electron chi connectivity index (χ2n) is 7.22. The fraction of sp³-hybridized carbons (Fsp3) is 0.611. The molecule has 0 radical (unpaired) electrons. The third kappa shape index (κ3) is 3.68. The van der Waals surface area contributed by atoms with Gasteiger partial charge in [0, 0.05) is 19.6 Å². The maximum Gasteiger partial charge on any atom is 0.306 e. The second-order valence-corrected chi connectivity index (χ2v) is 7.22. The number of carbonyl (C=O) groups is 1. The smallest absolute Gasteiger partial charge is 0.306 e. The van der Waals surface area contributed by atoms with Gasteiger partial charge in [0.2, 0.25) is 0 Å². The summed E-state index contributed by atoms with van der Waals surface area (Å²) in [6, 6.07) is 3.43. The molecule has 2 aromatic rings. The van der Waals surface area contributed by atoms with Gasteiger partial charge >= 0.3 is 5.97 Å². The van der Waals surface area contributed by atoms with Crippen LogP contribution in [0.2, 0.25) is 0 Å². The highest BCUT2D eigenvalue weighted by molar-refractivity contribution is 5.69. The summed E-state index contributed by atoms with van der Waals surface area (Å²) in [5.74, 6) is 0.216. The Morgan fingerprint density at radius 1 is 1.29 bits per heavy atom. The van der Waals surface area contributed by atoms with Crippen LogP contribution in [0.1, 0.15) is 31.1 Å². The lowest BCUT2D eigenvalue weighted by Crippen LogP contribution is -2.34. The number of nitrogens with two attached hydrogens (primary N) is 1. The van der Waals surface area contributed by atoms with Crippen molar-refractivity contribution >= 4 is 17.3 Å². The van der Waals surface area contributed by atoms with Crippen molar-refractivity contribution in [2.75, 3.05) is 25.6 Å². The molecule has 4 rings (SSSR count). The fourth-order valence-electron chi connectivity index (χ4n) is 3.74. The highest BCUT2D eigenvalue weighted by atomic mass is 16.6. The molecule has 2 fully saturated rings. The summed E-state index contributed by atoms with van der Waals surface area (Å²) in [5, 5.41) is 24.9. The van der Waals surface area contributed by atoms with Crippen molar-refractivity contribution in [3.05, 3.63) is 24.2 Å². The minimum Gasteiger partial charge on any atom is -0.463 e. The van der Waals surface area contributed by atoms with E-state index in [2.05, 4.69) is 10.1 Å². The summed E-state index contributed by atoms with van der Waals surface area (Å²) in [6.07, 6.45) is -0.736. The number of nitrogens with zero attached hydrogens (tertiary/aromatic N) is 3. The number of rotatable bonds is 5. The van der Waals surface area contributed by atoms with E-state index in [0.717, 1.165) is 12.8 Å². The third-order valence-electron chi connectivity index (χ3n) is 5.37. The lowest BCUT2D eigenvalue weighted by molar-refractivity contribution is -0.151. The first kappa shape index (κ1) is 19.1. The Hall–Kier alpha value is -2.27. The molecule has 2 unspecified atom stereocenters. The van der Waals surface area contributed by atoms with Crippen molar-refractivity contribution in [2.45, 2.75) is 43.7 Å². The standard InChI is InChI=1S/C18H24N4O6/c19-18-12-2-1-11(22(12)21-9-20-18)17-16(25)15(24)13(28-17)8-27-14(23)7-10-3-5-26-6-4-10/h1-2,9-10,13,15-17,24-25H,3-8H2,(H2,19,20,21)/t13?,15-,16-,17?/m1/s1. The number of ether oxygens (including phenoxy) is 3. The van der Waals surface area contributed by atoms with Crippen LogP contribution in [0, 0.1) is 5.92 Å². The van der Waals surface area contributed by atoms with E-state index in [9.17, 15) is 15.0 Å². The average Bonchev–Trinajstić information content (AvgIpc) is 3.24. The van der Waals surface area contributed by atoms with Crippen molar-refractivity contribution in [1.82, 2.24) is 14.6 Å². The van der Waals surface area contributed by atoms with Crippen LogP contribution in [0.3, 0.4) is 0 Å². The number of carbonyl (C=O) groups excluding carboxylic acids is 1. The number of anilines is 1. The zero-order chi connectivity index (χ0) is 19.7. The Morgan fingerprint density at radius 2 is 2.07 bits per heavy atom. The number of nitrogen functional groups attached to an aromatic ring is 1. The summed E-state index contributed by atoms with van der Waals surface area (Å²) < 4.78 is 17.9. The van der Waals surface area contributed by atoms with Gasteiger partial charge in [-0.25, -0.2) is 9.50 Å². The third-order valence-corrected chi connectivity index (χ3v) is 5.37. The summed E-state index contributed by atoms with van der Waals surface area (Å²) in [5.41, 5.74) is 6.94. The van der Waals surface area contributed by atoms with Crippen molar-refractivity contribution in [3.8, 4) is 0 Å². The van der Waals surface area contributed by atoms with Gasteiger partial charge in [0.05, 0.1) is 5.69 Å². The molecule has 4 N–H and O–H groups in total. The predicted molar refractivity (Wildman–Crippen MR) is 96.1 cm³/mol. The fourth-order valence-corrected chi connectivity index (χ4v) is 3.74. The summed E-state index contributed by atoms with van der Waals surface area (Å²) in [4.78, 5) is 16.0. The van der Waals surface area contributed by atoms with Crippen LogP contribution in [0.25, 0.3) is 5.52 Å². The van der Waals surface area contributed by atoms with Crippen molar-refractivity contribution in [3.63, 3.8) is 0 Å². The molecule has 28 heavy (non-hydrogen) atoms. The van der Waals surface area contributed by atoms with E-state index < -0.39 is 24.4 Å². The van der Waals surface area contributed by atoms with Crippen molar-refractivity contribution in [2.24, 2.45) is 5.92 Å². The van der Waals surface area contributed by atoms with Gasteiger partial charge in [-0.2, -0.15) is 5.10 Å². The normalized spacial score (nSPS) is 28.6. The minimum absolute atomic E-state index is 0.128. The zero-order valence-electron chi connectivity index (χ0n) is 15.3. The molecule has 4 atom stereocenters. The van der Waals surface area contributed by atoms with Crippen LogP contribution in [0.5, 0.6) is 0 Å². The average molecular weight is 392 g/mol. The van der Waals surface area contributed by atoms with Crippen LogP contribution in [0.15, 0.2) is 18.5 Å². The maximum atomic E-state index is 12.1. The molecule has 0 spiro atoms. The van der Waals surface area contributed by atoms with Gasteiger partial charge in [0.15, 0.2) is 5.82 Å². The van der Waals surface area contributed by atoms with Crippen LogP contribution in [-0.4, -0.2) is 68.9 Å². The second kappa shape index (κ2) is 8.00. The van der Waals surface area contributed by atoms with E-state index in [1.165, 1.54) is 10.8 Å². The van der Waals surface area contributed by atoms with E-state index >= 15 is 0 Å². The molecule has 2 aromatic heterocycles. The van der Waals surface area contributed by atoms with E-state index in [0.29, 0.717) is 36.7 Å². The molecule has 0 amide bonds. The molecule has 0 bridgehead atoms. The van der Waals surface area contributed by atoms with Gasteiger partial charge in [0.1, 0.15) is 42.9 Å². The number of aromatic nitrogens is 3. The largest absolute Gasteiger partial charge is 0.463 e. The number of hydrogen-bond donors (Lipinski definition) is 3. The molecular formula is C18H24N4O6. The molecule has 2 aliphatic heterocycles. The summed E-state index contributed by atoms with van der Waals surface area (Å²) in [6.45, 7) is 1.20. The highest BCUT2D eigenvalue weighted by Gasteiger charge is 2.45. The molecule has 0 aliphatic carbocycles. The quantitative estimate of drug-likeness (QED) is 0.591. The SMILES string of the molecule is Nc1ncnn2c(C3OC(COC(=O)CC4CCOCC4)[C@@H](O)[C@H]3O)ccc12. The van der Waals surface area contributed by atoms with Crippen LogP contribution < -0.4 is 5.73 Å². The first-order valence-corrected chi connectivity index (χ1v) is 9.37. The molecular weight excluding hydrogens is 368 g/mol. The van der Waals surface area contributed by atoms with Gasteiger partial charge in [-0.3, -0.25) is 4.79 Å². The first-order valence-electron chi connectivity index (χ1n) is 9.37. The molecule has 2 saturated heterocycles. The van der Waals surface area contributed by atoms with Gasteiger partial charge in [0.25, 0.3) is 0 Å². The van der Waals surface area contributed by atoms with Crippen molar-refractivity contribution in [1.29, 1.82) is 0 Å². The Balaban J connectivity index is 1.38. The van der Waals surface area contributed by atoms with Gasteiger partial charge in [-0.05, 0) is 30.9 Å². The number of fused-ring (bicyclic) bond motifs is 1. The lowest BCUT2D eigenvalue weighted by Gasteiger charge is -2.21. The summed E-state index contributed by atoms with van der Waals surface area (Å²) >= 11 is 0.